The first-order chi connectivity index (χ1) is 19.7. The van der Waals surface area contributed by atoms with Crippen LogP contribution in [0.4, 0.5) is 8.78 Å². The topological polar surface area (TPSA) is 101 Å². The normalized spacial score (nSPS) is 20.5. The second kappa shape index (κ2) is 12.4. The van der Waals surface area contributed by atoms with Crippen LogP contribution >= 0.6 is 0 Å². The lowest BCUT2D eigenvalue weighted by Crippen LogP contribution is -2.45. The molecule has 1 unspecified atom stereocenters. The molecule has 2 atom stereocenters. The third kappa shape index (κ3) is 6.94. The number of likely N-dealkylation sites (tertiary alicyclic amines) is 1. The quantitative estimate of drug-likeness (QED) is 0.436. The SMILES string of the molecule is CC(=O)N1CC(c2ccc(OC(F)F)c(OCC3CC3)c2)C[C@@H]1C(=O)NCc1cccc(C(=O)N(C)C2CCC2)n1. The largest absolute Gasteiger partial charge is 0.489 e. The summed E-state index contributed by atoms with van der Waals surface area (Å²) < 4.78 is 36.3. The molecule has 1 aromatic carbocycles. The number of halogens is 2. The van der Waals surface area contributed by atoms with E-state index in [4.69, 9.17) is 4.74 Å². The van der Waals surface area contributed by atoms with E-state index in [0.29, 0.717) is 36.9 Å². The fraction of sp³-hybridized carbons (Fsp3) is 0.533. The van der Waals surface area contributed by atoms with Crippen molar-refractivity contribution in [2.45, 2.75) is 76.6 Å². The molecule has 1 aliphatic heterocycles. The molecule has 0 radical (unpaired) electrons. The van der Waals surface area contributed by atoms with E-state index < -0.39 is 12.7 Å². The van der Waals surface area contributed by atoms with Crippen molar-refractivity contribution in [3.8, 4) is 11.5 Å². The molecular weight excluding hydrogens is 534 g/mol. The van der Waals surface area contributed by atoms with Crippen LogP contribution in [-0.4, -0.2) is 71.4 Å². The Bertz CT molecular complexity index is 1280. The number of rotatable bonds is 11. The van der Waals surface area contributed by atoms with E-state index in [2.05, 4.69) is 15.0 Å². The van der Waals surface area contributed by atoms with E-state index in [9.17, 15) is 23.2 Å². The molecule has 9 nitrogen and oxygen atoms in total. The zero-order chi connectivity index (χ0) is 29.1. The van der Waals surface area contributed by atoms with Gasteiger partial charge >= 0.3 is 6.61 Å². The molecule has 5 rings (SSSR count). The number of carbonyl (C=O) groups excluding carboxylic acids is 3. The van der Waals surface area contributed by atoms with E-state index in [-0.39, 0.29) is 47.7 Å². The van der Waals surface area contributed by atoms with Crippen molar-refractivity contribution < 1.29 is 32.6 Å². The van der Waals surface area contributed by atoms with Gasteiger partial charge in [-0.2, -0.15) is 8.78 Å². The highest BCUT2D eigenvalue weighted by molar-refractivity contribution is 5.92. The standard InChI is InChI=1S/C30H36F2N4O5/c1-18(37)36-16-21(20-11-12-26(41-30(31)32)27(14-20)40-17-19-9-10-19)13-25(36)28(38)33-15-22-5-3-8-24(34-22)29(39)35(2)23-6-4-7-23/h3,5,8,11-12,14,19,21,23,25,30H,4,6-7,9-10,13,15-17H2,1-2H3,(H,33,38)/t21?,25-/m1/s1. The van der Waals surface area contributed by atoms with E-state index in [1.54, 1.807) is 42.3 Å². The molecule has 1 N–H and O–H groups in total. The lowest BCUT2D eigenvalue weighted by atomic mass is 9.92. The van der Waals surface area contributed by atoms with Gasteiger partial charge in [-0.05, 0) is 74.3 Å². The number of ether oxygens (including phenoxy) is 2. The first-order valence-electron chi connectivity index (χ1n) is 14.2. The third-order valence-electron chi connectivity index (χ3n) is 8.25. The summed E-state index contributed by atoms with van der Waals surface area (Å²) in [6.45, 7) is -0.717. The van der Waals surface area contributed by atoms with Gasteiger partial charge in [0, 0.05) is 32.5 Å². The van der Waals surface area contributed by atoms with Gasteiger partial charge in [0.15, 0.2) is 11.5 Å². The number of nitrogens with zero attached hydrogens (tertiary/aromatic N) is 3. The number of benzene rings is 1. The molecule has 3 amide bonds. The molecule has 0 spiro atoms. The van der Waals surface area contributed by atoms with E-state index in [1.165, 1.54) is 17.9 Å². The molecular formula is C30H36F2N4O5. The second-order valence-electron chi connectivity index (χ2n) is 11.2. The van der Waals surface area contributed by atoms with Gasteiger partial charge < -0.3 is 24.6 Å². The van der Waals surface area contributed by atoms with Crippen molar-refractivity contribution in [2.75, 3.05) is 20.2 Å². The number of nitrogens with one attached hydrogen (secondary N) is 1. The summed E-state index contributed by atoms with van der Waals surface area (Å²) in [6.07, 6.45) is 5.57. The summed E-state index contributed by atoms with van der Waals surface area (Å²) in [7, 11) is 1.79. The van der Waals surface area contributed by atoms with Gasteiger partial charge in [0.1, 0.15) is 11.7 Å². The highest BCUT2D eigenvalue weighted by Gasteiger charge is 2.39. The predicted molar refractivity (Wildman–Crippen MR) is 146 cm³/mol. The Hall–Kier alpha value is -3.76. The van der Waals surface area contributed by atoms with Crippen LogP contribution in [0.3, 0.4) is 0 Å². The van der Waals surface area contributed by atoms with Crippen molar-refractivity contribution in [3.05, 3.63) is 53.3 Å². The Morgan fingerprint density at radius 2 is 1.90 bits per heavy atom. The zero-order valence-electron chi connectivity index (χ0n) is 23.4. The average molecular weight is 571 g/mol. The van der Waals surface area contributed by atoms with Crippen LogP contribution in [0, 0.1) is 5.92 Å². The number of carbonyl (C=O) groups is 3. The van der Waals surface area contributed by atoms with Gasteiger partial charge in [-0.3, -0.25) is 14.4 Å². The van der Waals surface area contributed by atoms with Crippen molar-refractivity contribution in [3.63, 3.8) is 0 Å². The van der Waals surface area contributed by atoms with Gasteiger partial charge in [0.05, 0.1) is 18.8 Å². The van der Waals surface area contributed by atoms with Crippen molar-refractivity contribution >= 4 is 17.7 Å². The molecule has 220 valence electrons. The van der Waals surface area contributed by atoms with Crippen LogP contribution in [0.2, 0.25) is 0 Å². The molecule has 2 heterocycles. The summed E-state index contributed by atoms with van der Waals surface area (Å²) in [5.41, 5.74) is 1.65. The van der Waals surface area contributed by atoms with Gasteiger partial charge in [-0.1, -0.05) is 12.1 Å². The van der Waals surface area contributed by atoms with Crippen molar-refractivity contribution in [1.82, 2.24) is 20.1 Å². The maximum Gasteiger partial charge on any atom is 0.387 e. The number of hydrogen-bond donors (Lipinski definition) is 1. The Morgan fingerprint density at radius 1 is 1.12 bits per heavy atom. The minimum Gasteiger partial charge on any atom is -0.489 e. The summed E-state index contributed by atoms with van der Waals surface area (Å²) in [5, 5.41) is 2.87. The maximum absolute atomic E-state index is 13.3. The van der Waals surface area contributed by atoms with E-state index >= 15 is 0 Å². The highest BCUT2D eigenvalue weighted by Crippen LogP contribution is 2.39. The van der Waals surface area contributed by atoms with Crippen LogP contribution in [0.25, 0.3) is 0 Å². The summed E-state index contributed by atoms with van der Waals surface area (Å²) in [6, 6.07) is 9.50. The molecule has 3 fully saturated rings. The van der Waals surface area contributed by atoms with E-state index in [0.717, 1.165) is 37.7 Å². The van der Waals surface area contributed by atoms with Crippen molar-refractivity contribution in [1.29, 1.82) is 0 Å². The number of pyridine rings is 1. The molecule has 3 aliphatic rings. The Kier molecular flexibility index (Phi) is 8.70. The highest BCUT2D eigenvalue weighted by atomic mass is 19.3. The van der Waals surface area contributed by atoms with Crippen LogP contribution in [-0.2, 0) is 16.1 Å². The summed E-state index contributed by atoms with van der Waals surface area (Å²) in [4.78, 5) is 46.3. The summed E-state index contributed by atoms with van der Waals surface area (Å²) >= 11 is 0. The average Bonchev–Trinajstić information content (AvgIpc) is 3.64. The number of hydrogen-bond acceptors (Lipinski definition) is 6. The van der Waals surface area contributed by atoms with Gasteiger partial charge in [-0.15, -0.1) is 0 Å². The summed E-state index contributed by atoms with van der Waals surface area (Å²) in [5.74, 6) is -0.277. The monoisotopic (exact) mass is 570 g/mol. The minimum absolute atomic E-state index is 0.0350. The third-order valence-corrected chi connectivity index (χ3v) is 8.25. The van der Waals surface area contributed by atoms with Gasteiger partial charge in [-0.25, -0.2) is 4.98 Å². The molecule has 0 bridgehead atoms. The maximum atomic E-state index is 13.3. The molecule has 2 aliphatic carbocycles. The lowest BCUT2D eigenvalue weighted by molar-refractivity contribution is -0.136. The smallest absolute Gasteiger partial charge is 0.387 e. The Morgan fingerprint density at radius 3 is 2.56 bits per heavy atom. The first-order valence-corrected chi connectivity index (χ1v) is 14.2. The number of aromatic nitrogens is 1. The number of alkyl halides is 2. The molecule has 11 heteroatoms. The first kappa shape index (κ1) is 28.8. The van der Waals surface area contributed by atoms with Crippen LogP contribution in [0.15, 0.2) is 36.4 Å². The Balaban J connectivity index is 1.24. The number of amides is 3. The molecule has 41 heavy (non-hydrogen) atoms. The molecule has 1 aromatic heterocycles. The van der Waals surface area contributed by atoms with Gasteiger partial charge in [0.2, 0.25) is 11.8 Å². The molecule has 2 saturated carbocycles. The predicted octanol–water partition coefficient (Wildman–Crippen LogP) is 4.12. The Labute approximate surface area is 238 Å². The van der Waals surface area contributed by atoms with Crippen LogP contribution in [0.1, 0.15) is 73.1 Å². The fourth-order valence-electron chi connectivity index (χ4n) is 5.36. The minimum atomic E-state index is -2.98. The van der Waals surface area contributed by atoms with Crippen molar-refractivity contribution in [2.24, 2.45) is 5.92 Å². The van der Waals surface area contributed by atoms with E-state index in [1.807, 2.05) is 0 Å². The second-order valence-corrected chi connectivity index (χ2v) is 11.2. The van der Waals surface area contributed by atoms with Crippen LogP contribution in [0.5, 0.6) is 11.5 Å². The zero-order valence-corrected chi connectivity index (χ0v) is 23.4. The molecule has 2 aromatic rings. The van der Waals surface area contributed by atoms with Crippen LogP contribution < -0.4 is 14.8 Å². The van der Waals surface area contributed by atoms with Gasteiger partial charge in [0.25, 0.3) is 5.91 Å². The fourth-order valence-corrected chi connectivity index (χ4v) is 5.36. The molecule has 1 saturated heterocycles. The lowest BCUT2D eigenvalue weighted by Gasteiger charge is -2.34.